The van der Waals surface area contributed by atoms with Crippen molar-refractivity contribution in [2.45, 2.75) is 25.5 Å². The second kappa shape index (κ2) is 11.8. The van der Waals surface area contributed by atoms with E-state index in [-0.39, 0.29) is 22.9 Å². The van der Waals surface area contributed by atoms with Crippen LogP contribution in [-0.4, -0.2) is 56.1 Å². The molecule has 41 heavy (non-hydrogen) atoms. The largest absolute Gasteiger partial charge is 0.497 e. The van der Waals surface area contributed by atoms with Crippen molar-refractivity contribution in [2.75, 3.05) is 30.5 Å². The molecule has 1 aromatic heterocycles. The zero-order chi connectivity index (χ0) is 30.0. The fourth-order valence-corrected chi connectivity index (χ4v) is 4.35. The number of benzene rings is 2. The fraction of sp³-hybridized carbons (Fsp3) is 0.259. The average molecular weight is 578 g/mol. The summed E-state index contributed by atoms with van der Waals surface area (Å²) in [6.45, 7) is -2.34. The minimum atomic E-state index is -3.09. The quantitative estimate of drug-likeness (QED) is 0.406. The zero-order valence-electron chi connectivity index (χ0n) is 21.8. The number of pyridine rings is 1. The number of nitrogens with one attached hydrogen (secondary N) is 1. The van der Waals surface area contributed by atoms with E-state index in [1.54, 1.807) is 0 Å². The molecule has 1 fully saturated rings. The normalized spacial score (nSPS) is 16.6. The lowest BCUT2D eigenvalue weighted by Gasteiger charge is -2.20. The van der Waals surface area contributed by atoms with Crippen molar-refractivity contribution in [1.82, 2.24) is 10.3 Å². The number of anilines is 2. The Kier molecular flexibility index (Phi) is 8.40. The van der Waals surface area contributed by atoms with E-state index in [9.17, 15) is 27.6 Å². The van der Waals surface area contributed by atoms with E-state index in [0.717, 1.165) is 52.3 Å². The second-order valence-electron chi connectivity index (χ2n) is 8.97. The Hall–Kier alpha value is -4.75. The number of nitrogens with zero attached hydrogens (tertiary/aromatic N) is 3. The first-order chi connectivity index (χ1) is 19.4. The first kappa shape index (κ1) is 29.2. The van der Waals surface area contributed by atoms with E-state index in [1.165, 1.54) is 27.1 Å². The van der Waals surface area contributed by atoms with E-state index in [2.05, 4.69) is 15.0 Å². The van der Waals surface area contributed by atoms with Gasteiger partial charge in [-0.25, -0.2) is 18.2 Å². The molecule has 1 unspecified atom stereocenters. The predicted octanol–water partition coefficient (Wildman–Crippen LogP) is 4.02. The van der Waals surface area contributed by atoms with Crippen LogP contribution in [0.4, 0.5) is 33.6 Å². The second-order valence-corrected chi connectivity index (χ2v) is 8.97. The molecule has 14 heteroatoms. The standard InChI is InChI=1S/C27H23F5N4O5/c1-13(37)35(2)21-9-8-18(28)24(33-21)36-12-17(22-19(29)10-16(40-3)11-20(22)30)23(26(36)39)34-25(38)14-4-6-15(7-5-14)41-27(31)32/h4-11,17,23,27H,12H2,1-3H3,(H,34,38)/t17-,23?/m0/s1. The number of ether oxygens (including phenoxy) is 2. The van der Waals surface area contributed by atoms with Gasteiger partial charge in [-0.1, -0.05) is 0 Å². The van der Waals surface area contributed by atoms with Crippen molar-refractivity contribution in [2.24, 2.45) is 0 Å². The van der Waals surface area contributed by atoms with Crippen LogP contribution in [0.1, 0.15) is 28.8 Å². The molecule has 0 spiro atoms. The minimum Gasteiger partial charge on any atom is -0.497 e. The molecule has 1 N–H and O–H groups in total. The highest BCUT2D eigenvalue weighted by molar-refractivity contribution is 6.05. The van der Waals surface area contributed by atoms with Gasteiger partial charge in [-0.15, -0.1) is 0 Å². The maximum absolute atomic E-state index is 15.2. The van der Waals surface area contributed by atoms with E-state index >= 15 is 8.78 Å². The summed E-state index contributed by atoms with van der Waals surface area (Å²) >= 11 is 0. The number of methoxy groups -OCH3 is 1. The summed E-state index contributed by atoms with van der Waals surface area (Å²) in [4.78, 5) is 44.4. The highest BCUT2D eigenvalue weighted by Crippen LogP contribution is 2.37. The third-order valence-electron chi connectivity index (χ3n) is 6.49. The summed E-state index contributed by atoms with van der Waals surface area (Å²) in [5, 5.41) is 2.41. The highest BCUT2D eigenvalue weighted by atomic mass is 19.3. The van der Waals surface area contributed by atoms with Crippen molar-refractivity contribution in [3.05, 3.63) is 77.1 Å². The molecule has 0 saturated carbocycles. The molecule has 9 nitrogen and oxygen atoms in total. The maximum atomic E-state index is 15.2. The van der Waals surface area contributed by atoms with Crippen molar-refractivity contribution < 1.29 is 45.8 Å². The number of hydrogen-bond acceptors (Lipinski definition) is 6. The Bertz CT molecular complexity index is 1460. The summed E-state index contributed by atoms with van der Waals surface area (Å²) in [6, 6.07) is 6.87. The van der Waals surface area contributed by atoms with Crippen LogP contribution >= 0.6 is 0 Å². The monoisotopic (exact) mass is 578 g/mol. The van der Waals surface area contributed by atoms with Crippen LogP contribution in [0, 0.1) is 17.5 Å². The van der Waals surface area contributed by atoms with E-state index in [0.29, 0.717) is 0 Å². The molecule has 0 aliphatic carbocycles. The van der Waals surface area contributed by atoms with Gasteiger partial charge in [0.2, 0.25) is 5.91 Å². The molecule has 2 aromatic carbocycles. The third kappa shape index (κ3) is 6.05. The SMILES string of the molecule is COc1cc(F)c([C@@H]2CN(c3nc(N(C)C(C)=O)ccc3F)C(=O)C2NC(=O)c2ccc(OC(F)F)cc2)c(F)c1. The van der Waals surface area contributed by atoms with E-state index in [1.807, 2.05) is 0 Å². The molecule has 1 aliphatic rings. The van der Waals surface area contributed by atoms with E-state index in [4.69, 9.17) is 4.74 Å². The lowest BCUT2D eigenvalue weighted by Crippen LogP contribution is -2.44. The van der Waals surface area contributed by atoms with Gasteiger partial charge in [-0.3, -0.25) is 19.3 Å². The smallest absolute Gasteiger partial charge is 0.387 e. The lowest BCUT2D eigenvalue weighted by atomic mass is 9.92. The molecule has 3 amide bonds. The van der Waals surface area contributed by atoms with Crippen molar-refractivity contribution >= 4 is 29.4 Å². The van der Waals surface area contributed by atoms with Gasteiger partial charge in [-0.05, 0) is 36.4 Å². The molecule has 0 bridgehead atoms. The third-order valence-corrected chi connectivity index (χ3v) is 6.49. The van der Waals surface area contributed by atoms with Crippen LogP contribution in [-0.2, 0) is 9.59 Å². The maximum Gasteiger partial charge on any atom is 0.387 e. The van der Waals surface area contributed by atoms with Crippen LogP contribution in [0.2, 0.25) is 0 Å². The Morgan fingerprint density at radius 2 is 1.66 bits per heavy atom. The summed E-state index contributed by atoms with van der Waals surface area (Å²) < 4.78 is 79.3. The first-order valence-electron chi connectivity index (χ1n) is 12.0. The number of hydrogen-bond donors (Lipinski definition) is 1. The molecular formula is C27H23F5N4O5. The fourth-order valence-electron chi connectivity index (χ4n) is 4.35. The van der Waals surface area contributed by atoms with Crippen molar-refractivity contribution in [3.8, 4) is 11.5 Å². The molecule has 1 aliphatic heterocycles. The first-order valence-corrected chi connectivity index (χ1v) is 12.0. The number of amides is 3. The van der Waals surface area contributed by atoms with Gasteiger partial charge >= 0.3 is 6.61 Å². The van der Waals surface area contributed by atoms with Crippen LogP contribution in [0.15, 0.2) is 48.5 Å². The lowest BCUT2D eigenvalue weighted by molar-refractivity contribution is -0.119. The van der Waals surface area contributed by atoms with Crippen molar-refractivity contribution in [3.63, 3.8) is 0 Å². The number of rotatable bonds is 8. The van der Waals surface area contributed by atoms with Gasteiger partial charge in [0.25, 0.3) is 11.8 Å². The summed E-state index contributed by atoms with van der Waals surface area (Å²) in [7, 11) is 2.58. The Morgan fingerprint density at radius 3 is 2.22 bits per heavy atom. The molecule has 3 aromatic rings. The highest BCUT2D eigenvalue weighted by Gasteiger charge is 2.46. The van der Waals surface area contributed by atoms with Gasteiger partial charge in [-0.2, -0.15) is 8.78 Å². The van der Waals surface area contributed by atoms with Gasteiger partial charge in [0.05, 0.1) is 7.11 Å². The Labute approximate surface area is 230 Å². The Morgan fingerprint density at radius 1 is 1.02 bits per heavy atom. The topological polar surface area (TPSA) is 101 Å². The van der Waals surface area contributed by atoms with Crippen LogP contribution in [0.5, 0.6) is 11.5 Å². The molecule has 4 rings (SSSR count). The van der Waals surface area contributed by atoms with E-state index < -0.39 is 71.7 Å². The van der Waals surface area contributed by atoms with Crippen LogP contribution < -0.4 is 24.6 Å². The van der Waals surface area contributed by atoms with Gasteiger partial charge in [0.1, 0.15) is 35.0 Å². The van der Waals surface area contributed by atoms with Gasteiger partial charge < -0.3 is 19.7 Å². The Balaban J connectivity index is 1.73. The number of halogens is 5. The number of carbonyl (C=O) groups excluding carboxylic acids is 3. The zero-order valence-corrected chi connectivity index (χ0v) is 21.8. The van der Waals surface area contributed by atoms with Crippen molar-refractivity contribution in [1.29, 1.82) is 0 Å². The molecular weight excluding hydrogens is 555 g/mol. The molecule has 0 radical (unpaired) electrons. The molecule has 216 valence electrons. The van der Waals surface area contributed by atoms with Crippen LogP contribution in [0.25, 0.3) is 0 Å². The predicted molar refractivity (Wildman–Crippen MR) is 136 cm³/mol. The molecule has 1 saturated heterocycles. The molecule has 2 heterocycles. The summed E-state index contributed by atoms with van der Waals surface area (Å²) in [5.41, 5.74) is -0.647. The number of aromatic nitrogens is 1. The van der Waals surface area contributed by atoms with Gasteiger partial charge in [0.15, 0.2) is 11.6 Å². The number of carbonyl (C=O) groups is 3. The summed E-state index contributed by atoms with van der Waals surface area (Å²) in [5.74, 6) is -7.62. The summed E-state index contributed by atoms with van der Waals surface area (Å²) in [6.07, 6.45) is 0. The minimum absolute atomic E-state index is 0.00125. The van der Waals surface area contributed by atoms with Gasteiger partial charge in [0, 0.05) is 49.7 Å². The number of alkyl halides is 2. The van der Waals surface area contributed by atoms with Crippen LogP contribution in [0.3, 0.4) is 0 Å². The average Bonchev–Trinajstić information content (AvgIpc) is 3.23. The molecule has 2 atom stereocenters.